The highest BCUT2D eigenvalue weighted by Gasteiger charge is 2.14. The Morgan fingerprint density at radius 2 is 1.96 bits per heavy atom. The van der Waals surface area contributed by atoms with Gasteiger partial charge in [-0.15, -0.1) is 0 Å². The van der Waals surface area contributed by atoms with Crippen molar-refractivity contribution in [1.29, 1.82) is 0 Å². The first-order chi connectivity index (χ1) is 11.6. The molecule has 3 rings (SSSR count). The lowest BCUT2D eigenvalue weighted by Gasteiger charge is -2.02. The van der Waals surface area contributed by atoms with Crippen molar-refractivity contribution in [3.05, 3.63) is 82.2 Å². The second kappa shape index (κ2) is 6.74. The van der Waals surface area contributed by atoms with Gasteiger partial charge in [-0.05, 0) is 18.2 Å². The Kier molecular flexibility index (Phi) is 4.33. The number of nitro groups is 1. The van der Waals surface area contributed by atoms with Crippen LogP contribution in [-0.4, -0.2) is 15.9 Å². The van der Waals surface area contributed by atoms with Gasteiger partial charge < -0.3 is 9.15 Å². The average Bonchev–Trinajstić information content (AvgIpc) is 3.09. The minimum atomic E-state index is -0.664. The van der Waals surface area contributed by atoms with E-state index in [0.717, 1.165) is 5.56 Å². The van der Waals surface area contributed by atoms with Crippen molar-refractivity contribution >= 4 is 11.7 Å². The van der Waals surface area contributed by atoms with Crippen LogP contribution in [0.25, 0.3) is 11.5 Å². The summed E-state index contributed by atoms with van der Waals surface area (Å²) in [6.45, 7) is -0.0855. The van der Waals surface area contributed by atoms with Gasteiger partial charge in [-0.1, -0.05) is 24.3 Å². The second-order valence-electron chi connectivity index (χ2n) is 4.89. The summed E-state index contributed by atoms with van der Waals surface area (Å²) >= 11 is 0. The monoisotopic (exact) mass is 324 g/mol. The van der Waals surface area contributed by atoms with E-state index in [-0.39, 0.29) is 17.9 Å². The zero-order valence-electron chi connectivity index (χ0n) is 12.4. The fourth-order valence-electron chi connectivity index (χ4n) is 2.06. The fourth-order valence-corrected chi connectivity index (χ4v) is 2.06. The van der Waals surface area contributed by atoms with Crippen LogP contribution in [0.3, 0.4) is 0 Å². The third kappa shape index (κ3) is 3.46. The summed E-state index contributed by atoms with van der Waals surface area (Å²) in [6, 6.07) is 14.7. The van der Waals surface area contributed by atoms with Crippen molar-refractivity contribution in [2.75, 3.05) is 0 Å². The summed E-state index contributed by atoms with van der Waals surface area (Å²) < 4.78 is 10.5. The number of aromatic nitrogens is 1. The Hall–Kier alpha value is -3.48. The van der Waals surface area contributed by atoms with Crippen molar-refractivity contribution < 1.29 is 18.9 Å². The summed E-state index contributed by atoms with van der Waals surface area (Å²) in [4.78, 5) is 26.4. The first kappa shape index (κ1) is 15.4. The van der Waals surface area contributed by atoms with Gasteiger partial charge in [0.2, 0.25) is 5.89 Å². The highest BCUT2D eigenvalue weighted by molar-refractivity contribution is 5.90. The molecule has 0 saturated carbocycles. The molecule has 2 aromatic carbocycles. The number of esters is 1. The van der Waals surface area contributed by atoms with Crippen molar-refractivity contribution in [2.45, 2.75) is 6.61 Å². The van der Waals surface area contributed by atoms with Crippen LogP contribution in [0.5, 0.6) is 0 Å². The number of nitro benzene ring substituents is 1. The number of oxazole rings is 1. The topological polar surface area (TPSA) is 95.5 Å². The van der Waals surface area contributed by atoms with Crippen LogP contribution in [-0.2, 0) is 11.3 Å². The SMILES string of the molecule is O=C(OCc1coc(-c2ccccc2)n1)c1cccc([N+](=O)[O-])c1. The van der Waals surface area contributed by atoms with Crippen molar-refractivity contribution in [2.24, 2.45) is 0 Å². The van der Waals surface area contributed by atoms with E-state index >= 15 is 0 Å². The van der Waals surface area contributed by atoms with Crippen LogP contribution < -0.4 is 0 Å². The van der Waals surface area contributed by atoms with E-state index in [1.165, 1.54) is 30.5 Å². The van der Waals surface area contributed by atoms with Crippen molar-refractivity contribution in [3.63, 3.8) is 0 Å². The van der Waals surface area contributed by atoms with Gasteiger partial charge in [0.15, 0.2) is 0 Å². The highest BCUT2D eigenvalue weighted by atomic mass is 16.6. The first-order valence-electron chi connectivity index (χ1n) is 7.05. The van der Waals surface area contributed by atoms with Crippen LogP contribution in [0.1, 0.15) is 16.1 Å². The summed E-state index contributed by atoms with van der Waals surface area (Å²) in [5.74, 6) is -0.236. The molecule has 0 N–H and O–H groups in total. The Balaban J connectivity index is 1.66. The largest absolute Gasteiger partial charge is 0.455 e. The van der Waals surface area contributed by atoms with E-state index in [1.807, 2.05) is 30.3 Å². The molecule has 24 heavy (non-hydrogen) atoms. The van der Waals surface area contributed by atoms with Crippen LogP contribution >= 0.6 is 0 Å². The second-order valence-corrected chi connectivity index (χ2v) is 4.89. The fraction of sp³-hybridized carbons (Fsp3) is 0.0588. The molecule has 0 atom stereocenters. The molecule has 0 fully saturated rings. The number of benzene rings is 2. The molecule has 0 aliphatic carbocycles. The van der Waals surface area contributed by atoms with Gasteiger partial charge in [-0.2, -0.15) is 0 Å². The normalized spacial score (nSPS) is 10.3. The summed E-state index contributed by atoms with van der Waals surface area (Å²) in [6.07, 6.45) is 1.41. The molecule has 0 aliphatic heterocycles. The molecule has 120 valence electrons. The number of rotatable bonds is 5. The van der Waals surface area contributed by atoms with Gasteiger partial charge >= 0.3 is 5.97 Å². The summed E-state index contributed by atoms with van der Waals surface area (Å²) in [5.41, 5.74) is 1.20. The number of nitrogens with zero attached hydrogens (tertiary/aromatic N) is 2. The molecular weight excluding hydrogens is 312 g/mol. The van der Waals surface area contributed by atoms with Crippen LogP contribution in [0, 0.1) is 10.1 Å². The highest BCUT2D eigenvalue weighted by Crippen LogP contribution is 2.19. The van der Waals surface area contributed by atoms with Gasteiger partial charge in [0.05, 0.1) is 10.5 Å². The molecular formula is C17H12N2O5. The molecule has 0 bridgehead atoms. The molecule has 7 heteroatoms. The number of hydrogen-bond acceptors (Lipinski definition) is 6. The van der Waals surface area contributed by atoms with Crippen LogP contribution in [0.4, 0.5) is 5.69 Å². The lowest BCUT2D eigenvalue weighted by atomic mass is 10.2. The zero-order valence-corrected chi connectivity index (χ0v) is 12.4. The lowest BCUT2D eigenvalue weighted by Crippen LogP contribution is -2.06. The number of carbonyl (C=O) groups is 1. The number of ether oxygens (including phenoxy) is 1. The van der Waals surface area contributed by atoms with E-state index in [1.54, 1.807) is 0 Å². The molecule has 0 spiro atoms. The predicted molar refractivity (Wildman–Crippen MR) is 84.2 cm³/mol. The van der Waals surface area contributed by atoms with Crippen LogP contribution in [0.2, 0.25) is 0 Å². The van der Waals surface area contributed by atoms with Crippen molar-refractivity contribution in [3.8, 4) is 11.5 Å². The minimum Gasteiger partial charge on any atom is -0.455 e. The molecule has 0 unspecified atom stereocenters. The lowest BCUT2D eigenvalue weighted by molar-refractivity contribution is -0.384. The van der Waals surface area contributed by atoms with Gasteiger partial charge in [-0.3, -0.25) is 10.1 Å². The van der Waals surface area contributed by atoms with E-state index in [2.05, 4.69) is 4.98 Å². The molecule has 0 aliphatic rings. The quantitative estimate of drug-likeness (QED) is 0.404. The van der Waals surface area contributed by atoms with E-state index in [4.69, 9.17) is 9.15 Å². The van der Waals surface area contributed by atoms with E-state index in [0.29, 0.717) is 11.6 Å². The van der Waals surface area contributed by atoms with Crippen LogP contribution in [0.15, 0.2) is 65.3 Å². The standard InChI is InChI=1S/C17H12N2O5/c20-17(13-7-4-8-15(9-13)19(21)22)24-11-14-10-23-16(18-14)12-5-2-1-3-6-12/h1-10H,11H2. The van der Waals surface area contributed by atoms with Gasteiger partial charge in [-0.25, -0.2) is 9.78 Å². The van der Waals surface area contributed by atoms with E-state index in [9.17, 15) is 14.9 Å². The number of carbonyl (C=O) groups excluding carboxylic acids is 1. The Labute approximate surface area is 136 Å². The van der Waals surface area contributed by atoms with Gasteiger partial charge in [0.1, 0.15) is 18.6 Å². The predicted octanol–water partition coefficient (Wildman–Crippen LogP) is 3.61. The first-order valence-corrected chi connectivity index (χ1v) is 7.05. The molecule has 7 nitrogen and oxygen atoms in total. The smallest absolute Gasteiger partial charge is 0.338 e. The summed E-state index contributed by atoms with van der Waals surface area (Å²) in [5, 5.41) is 10.7. The maximum absolute atomic E-state index is 12.0. The third-order valence-corrected chi connectivity index (χ3v) is 3.22. The van der Waals surface area contributed by atoms with Crippen molar-refractivity contribution in [1.82, 2.24) is 4.98 Å². The Morgan fingerprint density at radius 3 is 2.71 bits per heavy atom. The zero-order chi connectivity index (χ0) is 16.9. The average molecular weight is 324 g/mol. The third-order valence-electron chi connectivity index (χ3n) is 3.22. The minimum absolute atomic E-state index is 0.0855. The van der Waals surface area contributed by atoms with Gasteiger partial charge in [0, 0.05) is 17.7 Å². The maximum Gasteiger partial charge on any atom is 0.338 e. The molecule has 0 amide bonds. The molecule has 1 heterocycles. The molecule has 0 saturated heterocycles. The number of non-ortho nitro benzene ring substituents is 1. The maximum atomic E-state index is 12.0. The van der Waals surface area contributed by atoms with E-state index < -0.39 is 10.9 Å². The molecule has 1 aromatic heterocycles. The number of hydrogen-bond donors (Lipinski definition) is 0. The molecule has 0 radical (unpaired) electrons. The molecule has 3 aromatic rings. The Bertz CT molecular complexity index is 873. The summed E-state index contributed by atoms with van der Waals surface area (Å²) in [7, 11) is 0. The Morgan fingerprint density at radius 1 is 1.17 bits per heavy atom. The van der Waals surface area contributed by atoms with Gasteiger partial charge in [0.25, 0.3) is 5.69 Å².